The van der Waals surface area contributed by atoms with Gasteiger partial charge in [-0.05, 0) is 73.2 Å². The van der Waals surface area contributed by atoms with E-state index in [1.807, 2.05) is 48.5 Å². The molecular formula is C29H30Cl2N2O5. The van der Waals surface area contributed by atoms with E-state index >= 15 is 0 Å². The molecule has 0 saturated heterocycles. The van der Waals surface area contributed by atoms with Gasteiger partial charge in [0.15, 0.2) is 6.61 Å². The number of fused-ring (bicyclic) bond motifs is 1. The minimum absolute atomic E-state index is 0.0144. The van der Waals surface area contributed by atoms with Crippen molar-refractivity contribution in [2.24, 2.45) is 16.4 Å². The molecule has 2 fully saturated rings. The number of rotatable bonds is 7. The maximum Gasteiger partial charge on any atom is 0.315 e. The number of halogens is 2. The van der Waals surface area contributed by atoms with E-state index in [0.29, 0.717) is 0 Å². The third-order valence-corrected chi connectivity index (χ3v) is 8.81. The van der Waals surface area contributed by atoms with Crippen LogP contribution < -0.4 is 9.47 Å². The van der Waals surface area contributed by atoms with Gasteiger partial charge in [0.1, 0.15) is 21.2 Å². The number of ether oxygens (including phenoxy) is 3. The number of hydrogen-bond donors (Lipinski definition) is 0. The summed E-state index contributed by atoms with van der Waals surface area (Å²) in [6.07, 6.45) is 5.13. The second-order valence-electron chi connectivity index (χ2n) is 10.2. The minimum atomic E-state index is -1.16. The Morgan fingerprint density at radius 1 is 1.05 bits per heavy atom. The number of allylic oxidation sites excluding steroid dienone is 1. The molecule has 1 heterocycles. The highest BCUT2D eigenvalue weighted by molar-refractivity contribution is 6.53. The molecule has 0 N–H and O–H groups in total. The van der Waals surface area contributed by atoms with E-state index in [2.05, 4.69) is 6.08 Å². The van der Waals surface area contributed by atoms with Crippen LogP contribution in [0.3, 0.4) is 0 Å². The molecule has 3 atom stereocenters. The average molecular weight is 557 g/mol. The number of carbonyl (C=O) groups excluding carboxylic acids is 2. The summed E-state index contributed by atoms with van der Waals surface area (Å²) >= 11 is 12.2. The van der Waals surface area contributed by atoms with Gasteiger partial charge in [-0.2, -0.15) is 5.10 Å². The van der Waals surface area contributed by atoms with Crippen LogP contribution in [0.5, 0.6) is 11.5 Å². The van der Waals surface area contributed by atoms with E-state index in [-0.39, 0.29) is 18.4 Å². The zero-order valence-corrected chi connectivity index (χ0v) is 23.1. The first-order chi connectivity index (χ1) is 18.2. The molecule has 0 bridgehead atoms. The lowest BCUT2D eigenvalue weighted by Gasteiger charge is -2.29. The van der Waals surface area contributed by atoms with Crippen molar-refractivity contribution in [2.45, 2.75) is 43.0 Å². The summed E-state index contributed by atoms with van der Waals surface area (Å²) in [5, 5.41) is 6.32. The fraction of sp³-hybridized carbons (Fsp3) is 0.414. The Hall–Kier alpha value is -3.03. The fourth-order valence-electron chi connectivity index (χ4n) is 5.22. The first kappa shape index (κ1) is 26.6. The number of carbonyl (C=O) groups is 2. The van der Waals surface area contributed by atoms with Gasteiger partial charge in [-0.3, -0.25) is 9.59 Å². The lowest BCUT2D eigenvalue weighted by molar-refractivity contribution is -0.157. The van der Waals surface area contributed by atoms with Gasteiger partial charge in [0.25, 0.3) is 5.91 Å². The highest BCUT2D eigenvalue weighted by atomic mass is 35.5. The van der Waals surface area contributed by atoms with Crippen LogP contribution >= 0.6 is 23.2 Å². The van der Waals surface area contributed by atoms with Gasteiger partial charge in [-0.1, -0.05) is 24.3 Å². The van der Waals surface area contributed by atoms with E-state index in [4.69, 9.17) is 42.5 Å². The molecule has 9 heteroatoms. The summed E-state index contributed by atoms with van der Waals surface area (Å²) in [6, 6.07) is 15.2. The van der Waals surface area contributed by atoms with Gasteiger partial charge in [0.05, 0.1) is 26.0 Å². The monoisotopic (exact) mass is 556 g/mol. The third kappa shape index (κ3) is 4.90. The summed E-state index contributed by atoms with van der Waals surface area (Å²) in [7, 11) is 3.26. The van der Waals surface area contributed by atoms with Gasteiger partial charge >= 0.3 is 5.97 Å². The number of methoxy groups -OCH3 is 2. The highest BCUT2D eigenvalue weighted by Gasteiger charge is 2.69. The number of hydrazone groups is 1. The van der Waals surface area contributed by atoms with Gasteiger partial charge in [-0.15, -0.1) is 23.2 Å². The van der Waals surface area contributed by atoms with Crippen LogP contribution in [0, 0.1) is 11.3 Å². The first-order valence-electron chi connectivity index (χ1n) is 12.6. The normalized spacial score (nSPS) is 26.4. The molecule has 1 amide bonds. The molecule has 0 radical (unpaired) electrons. The lowest BCUT2D eigenvalue weighted by atomic mass is 9.77. The molecule has 0 aromatic heterocycles. The van der Waals surface area contributed by atoms with Crippen molar-refractivity contribution in [1.29, 1.82) is 0 Å². The number of esters is 1. The Morgan fingerprint density at radius 3 is 2.24 bits per heavy atom. The lowest BCUT2D eigenvalue weighted by Crippen LogP contribution is -2.35. The minimum Gasteiger partial charge on any atom is -0.497 e. The van der Waals surface area contributed by atoms with Crippen molar-refractivity contribution in [3.05, 3.63) is 65.2 Å². The Balaban J connectivity index is 1.43. The molecule has 1 aliphatic heterocycles. The highest BCUT2D eigenvalue weighted by Crippen LogP contribution is 2.64. The quantitative estimate of drug-likeness (QED) is 0.311. The van der Waals surface area contributed by atoms with Crippen LogP contribution in [0.2, 0.25) is 0 Å². The summed E-state index contributed by atoms with van der Waals surface area (Å²) in [4.78, 5) is 26.1. The van der Waals surface area contributed by atoms with Gasteiger partial charge in [0, 0.05) is 12.3 Å². The first-order valence-corrected chi connectivity index (χ1v) is 13.4. The van der Waals surface area contributed by atoms with E-state index in [9.17, 15) is 9.59 Å². The number of benzene rings is 2. The van der Waals surface area contributed by atoms with Crippen LogP contribution in [0.1, 0.15) is 49.8 Å². The predicted molar refractivity (Wildman–Crippen MR) is 146 cm³/mol. The SMILES string of the molecule is COc1ccc(/C=C2/CCC[C@@H]3C2=NN(C(=O)COC(=O)[C@]2(C)CC2(Cl)Cl)[C@H]3c2ccc(OC)cc2)cc1. The zero-order valence-electron chi connectivity index (χ0n) is 21.6. The molecular weight excluding hydrogens is 527 g/mol. The van der Waals surface area contributed by atoms with E-state index < -0.39 is 28.2 Å². The van der Waals surface area contributed by atoms with Crippen LogP contribution in [0.25, 0.3) is 6.08 Å². The van der Waals surface area contributed by atoms with Gasteiger partial charge in [-0.25, -0.2) is 5.01 Å². The second kappa shape index (κ2) is 10.3. The van der Waals surface area contributed by atoms with Crippen molar-refractivity contribution in [3.63, 3.8) is 0 Å². The molecule has 2 saturated carbocycles. The van der Waals surface area contributed by atoms with Crippen molar-refractivity contribution in [1.82, 2.24) is 5.01 Å². The fourth-order valence-corrected chi connectivity index (χ4v) is 5.91. The average Bonchev–Trinajstić information content (AvgIpc) is 3.25. The van der Waals surface area contributed by atoms with Crippen LogP contribution in [-0.2, 0) is 14.3 Å². The molecule has 0 spiro atoms. The molecule has 0 unspecified atom stereocenters. The smallest absolute Gasteiger partial charge is 0.315 e. The zero-order chi connectivity index (χ0) is 27.1. The summed E-state index contributed by atoms with van der Waals surface area (Å²) in [5.74, 6) is 0.552. The van der Waals surface area contributed by atoms with Crippen molar-refractivity contribution >= 4 is 46.9 Å². The number of nitrogens with zero attached hydrogens (tertiary/aromatic N) is 2. The predicted octanol–water partition coefficient (Wildman–Crippen LogP) is 5.95. The topological polar surface area (TPSA) is 77.4 Å². The second-order valence-corrected chi connectivity index (χ2v) is 11.7. The number of amides is 1. The Bertz CT molecular complexity index is 1290. The standard InChI is InChI=1S/C29H30Cl2N2O5/c1-28(17-29(28,30)31)27(35)38-16-24(34)33-26(19-9-13-22(37-3)14-10-19)23-6-4-5-20(25(23)32-33)15-18-7-11-21(36-2)12-8-18/h7-15,23,26H,4-6,16-17H2,1-3H3/b20-15-/t23-,26+,28+/m1/s1. The Morgan fingerprint density at radius 2 is 1.66 bits per heavy atom. The summed E-state index contributed by atoms with van der Waals surface area (Å²) < 4.78 is 14.8. The van der Waals surface area contributed by atoms with Crippen molar-refractivity contribution < 1.29 is 23.8 Å². The molecule has 3 aliphatic rings. The Kier molecular flexibility index (Phi) is 7.18. The molecule has 200 valence electrons. The molecule has 2 aromatic rings. The Labute approximate surface area is 232 Å². The molecule has 7 nitrogen and oxygen atoms in total. The maximum absolute atomic E-state index is 13.5. The number of alkyl halides is 2. The molecule has 5 rings (SSSR count). The van der Waals surface area contributed by atoms with Gasteiger partial charge < -0.3 is 14.2 Å². The van der Waals surface area contributed by atoms with Crippen LogP contribution in [-0.4, -0.2) is 47.8 Å². The number of hydrogen-bond acceptors (Lipinski definition) is 6. The largest absolute Gasteiger partial charge is 0.497 e. The van der Waals surface area contributed by atoms with Crippen LogP contribution in [0.15, 0.2) is 59.2 Å². The van der Waals surface area contributed by atoms with Gasteiger partial charge in [0.2, 0.25) is 0 Å². The van der Waals surface area contributed by atoms with Crippen LogP contribution in [0.4, 0.5) is 0 Å². The maximum atomic E-state index is 13.5. The van der Waals surface area contributed by atoms with E-state index in [1.165, 1.54) is 5.01 Å². The van der Waals surface area contributed by atoms with E-state index in [0.717, 1.165) is 53.2 Å². The molecule has 38 heavy (non-hydrogen) atoms. The molecule has 2 aliphatic carbocycles. The van der Waals surface area contributed by atoms with Crippen molar-refractivity contribution in [3.8, 4) is 11.5 Å². The summed E-state index contributed by atoms with van der Waals surface area (Å²) in [6.45, 7) is 1.20. The summed E-state index contributed by atoms with van der Waals surface area (Å²) in [5.41, 5.74) is 2.95. The van der Waals surface area contributed by atoms with Crippen molar-refractivity contribution in [2.75, 3.05) is 20.8 Å². The van der Waals surface area contributed by atoms with E-state index in [1.54, 1.807) is 21.1 Å². The molecule has 2 aromatic carbocycles. The third-order valence-electron chi connectivity index (χ3n) is 7.71.